The van der Waals surface area contributed by atoms with Gasteiger partial charge in [-0.05, 0) is 12.1 Å². The maximum Gasteiger partial charge on any atom is 0.257 e. The Morgan fingerprint density at radius 1 is 1.44 bits per heavy atom. The topological polar surface area (TPSA) is 119 Å². The quantitative estimate of drug-likeness (QED) is 0.202. The fourth-order valence-electron chi connectivity index (χ4n) is 1.34. The van der Waals surface area contributed by atoms with E-state index < -0.39 is 11.7 Å². The van der Waals surface area contributed by atoms with Crippen LogP contribution in [0.1, 0.15) is 16.8 Å². The summed E-state index contributed by atoms with van der Waals surface area (Å²) in [6.45, 7) is 0.226. The van der Waals surface area contributed by atoms with E-state index in [1.54, 1.807) is 0 Å². The standard InChI is InChI=1S/C11H15N3O4/c1-14(6-5-9(12)13-18)11(17)7-3-2-4-8(15)10(7)16/h2-4,15-16,18H,5-6H2,1H3,(H2,12,13). The smallest absolute Gasteiger partial charge is 0.257 e. The molecule has 0 aliphatic heterocycles. The van der Waals surface area contributed by atoms with Crippen molar-refractivity contribution in [2.75, 3.05) is 13.6 Å². The molecule has 1 aromatic carbocycles. The molecule has 7 heteroatoms. The second kappa shape index (κ2) is 5.76. The first kappa shape index (κ1) is 13.6. The highest BCUT2D eigenvalue weighted by molar-refractivity contribution is 5.97. The van der Waals surface area contributed by atoms with Gasteiger partial charge in [0.2, 0.25) is 0 Å². The molecule has 18 heavy (non-hydrogen) atoms. The van der Waals surface area contributed by atoms with Crippen LogP contribution >= 0.6 is 0 Å². The van der Waals surface area contributed by atoms with Crippen molar-refractivity contribution in [1.82, 2.24) is 4.90 Å². The lowest BCUT2D eigenvalue weighted by Gasteiger charge is -2.17. The van der Waals surface area contributed by atoms with E-state index in [9.17, 15) is 15.0 Å². The highest BCUT2D eigenvalue weighted by Crippen LogP contribution is 2.28. The summed E-state index contributed by atoms with van der Waals surface area (Å²) in [6, 6.07) is 4.14. The third kappa shape index (κ3) is 3.03. The van der Waals surface area contributed by atoms with E-state index in [0.717, 1.165) is 0 Å². The van der Waals surface area contributed by atoms with Crippen LogP contribution in [0.2, 0.25) is 0 Å². The molecular formula is C11H15N3O4. The van der Waals surface area contributed by atoms with E-state index in [2.05, 4.69) is 5.16 Å². The van der Waals surface area contributed by atoms with Gasteiger partial charge in [-0.2, -0.15) is 0 Å². The molecule has 0 aliphatic carbocycles. The lowest BCUT2D eigenvalue weighted by atomic mass is 10.1. The van der Waals surface area contributed by atoms with Crippen LogP contribution in [-0.4, -0.2) is 45.7 Å². The zero-order chi connectivity index (χ0) is 13.7. The van der Waals surface area contributed by atoms with Crippen molar-refractivity contribution in [3.63, 3.8) is 0 Å². The molecule has 98 valence electrons. The number of hydrogen-bond donors (Lipinski definition) is 4. The molecule has 0 bridgehead atoms. The largest absolute Gasteiger partial charge is 0.504 e. The Labute approximate surface area is 104 Å². The summed E-state index contributed by atoms with van der Waals surface area (Å²) >= 11 is 0. The molecule has 0 saturated heterocycles. The number of nitrogens with zero attached hydrogens (tertiary/aromatic N) is 2. The minimum absolute atomic E-state index is 0.00277. The first-order valence-electron chi connectivity index (χ1n) is 5.20. The Morgan fingerprint density at radius 2 is 2.11 bits per heavy atom. The zero-order valence-corrected chi connectivity index (χ0v) is 9.87. The van der Waals surface area contributed by atoms with Crippen molar-refractivity contribution in [2.45, 2.75) is 6.42 Å². The highest BCUT2D eigenvalue weighted by atomic mass is 16.4. The summed E-state index contributed by atoms with van der Waals surface area (Å²) in [5.74, 6) is -1.27. The number of rotatable bonds is 4. The van der Waals surface area contributed by atoms with Gasteiger partial charge in [0.15, 0.2) is 11.5 Å². The van der Waals surface area contributed by atoms with Crippen molar-refractivity contribution < 1.29 is 20.2 Å². The van der Waals surface area contributed by atoms with Gasteiger partial charge in [0, 0.05) is 20.0 Å². The van der Waals surface area contributed by atoms with Crippen molar-refractivity contribution in [1.29, 1.82) is 0 Å². The van der Waals surface area contributed by atoms with Gasteiger partial charge in [-0.3, -0.25) is 4.79 Å². The molecule has 0 aromatic heterocycles. The molecule has 0 spiro atoms. The number of nitrogens with two attached hydrogens (primary N) is 1. The number of phenols is 2. The predicted octanol–water partition coefficient (Wildman–Crippen LogP) is 0.306. The number of amidine groups is 1. The maximum absolute atomic E-state index is 11.9. The number of benzene rings is 1. The first-order chi connectivity index (χ1) is 8.47. The third-order valence-electron chi connectivity index (χ3n) is 2.42. The van der Waals surface area contributed by atoms with Gasteiger partial charge in [0.05, 0.1) is 5.56 Å². The monoisotopic (exact) mass is 253 g/mol. The predicted molar refractivity (Wildman–Crippen MR) is 64.8 cm³/mol. The number of carbonyl (C=O) groups is 1. The summed E-state index contributed by atoms with van der Waals surface area (Å²) in [5.41, 5.74) is 5.28. The number of oxime groups is 1. The zero-order valence-electron chi connectivity index (χ0n) is 9.87. The number of amides is 1. The van der Waals surface area contributed by atoms with Crippen LogP contribution in [0.25, 0.3) is 0 Å². The number of para-hydroxylation sites is 1. The lowest BCUT2D eigenvalue weighted by molar-refractivity contribution is 0.0794. The van der Waals surface area contributed by atoms with Crippen LogP contribution in [0.3, 0.4) is 0 Å². The minimum Gasteiger partial charge on any atom is -0.504 e. The van der Waals surface area contributed by atoms with Gasteiger partial charge < -0.3 is 26.1 Å². The van der Waals surface area contributed by atoms with Gasteiger partial charge in [-0.15, -0.1) is 0 Å². The average Bonchev–Trinajstić information content (AvgIpc) is 2.37. The molecule has 0 heterocycles. The number of carbonyl (C=O) groups excluding carboxylic acids is 1. The SMILES string of the molecule is CN(CC/C(N)=N/O)C(=O)c1cccc(O)c1O. The van der Waals surface area contributed by atoms with Crippen molar-refractivity contribution in [3.8, 4) is 11.5 Å². The molecule has 0 saturated carbocycles. The molecule has 1 rings (SSSR count). The number of aromatic hydroxyl groups is 2. The summed E-state index contributed by atoms with van der Waals surface area (Å²) in [5, 5.41) is 30.0. The molecule has 7 nitrogen and oxygen atoms in total. The van der Waals surface area contributed by atoms with Gasteiger partial charge in [0.25, 0.3) is 5.91 Å². The summed E-state index contributed by atoms with van der Waals surface area (Å²) in [7, 11) is 1.51. The third-order valence-corrected chi connectivity index (χ3v) is 2.42. The summed E-state index contributed by atoms with van der Waals surface area (Å²) in [4.78, 5) is 13.2. The van der Waals surface area contributed by atoms with E-state index in [1.165, 1.54) is 30.1 Å². The van der Waals surface area contributed by atoms with Crippen LogP contribution in [0, 0.1) is 0 Å². The highest BCUT2D eigenvalue weighted by Gasteiger charge is 2.17. The van der Waals surface area contributed by atoms with Crippen molar-refractivity contribution in [2.24, 2.45) is 10.9 Å². The van der Waals surface area contributed by atoms with Crippen LogP contribution in [0.15, 0.2) is 23.4 Å². The molecule has 5 N–H and O–H groups in total. The minimum atomic E-state index is -0.464. The maximum atomic E-state index is 11.9. The Morgan fingerprint density at radius 3 is 2.72 bits per heavy atom. The average molecular weight is 253 g/mol. The summed E-state index contributed by atoms with van der Waals surface area (Å²) in [6.07, 6.45) is 0.207. The molecule has 0 aliphatic rings. The fourth-order valence-corrected chi connectivity index (χ4v) is 1.34. The molecule has 0 atom stereocenters. The Kier molecular flexibility index (Phi) is 4.36. The second-order valence-corrected chi connectivity index (χ2v) is 3.74. The van der Waals surface area contributed by atoms with E-state index in [-0.39, 0.29) is 30.1 Å². The van der Waals surface area contributed by atoms with E-state index in [1.807, 2.05) is 0 Å². The summed E-state index contributed by atoms with van der Waals surface area (Å²) < 4.78 is 0. The fraction of sp³-hybridized carbons (Fsp3) is 0.273. The molecule has 0 radical (unpaired) electrons. The first-order valence-corrected chi connectivity index (χ1v) is 5.20. The van der Waals surface area contributed by atoms with Gasteiger partial charge >= 0.3 is 0 Å². The van der Waals surface area contributed by atoms with E-state index >= 15 is 0 Å². The normalized spacial score (nSPS) is 11.3. The molecule has 0 unspecified atom stereocenters. The molecule has 1 amide bonds. The lowest BCUT2D eigenvalue weighted by Crippen LogP contribution is -2.30. The Hall–Kier alpha value is -2.44. The molecule has 1 aromatic rings. The van der Waals surface area contributed by atoms with Crippen LogP contribution < -0.4 is 5.73 Å². The second-order valence-electron chi connectivity index (χ2n) is 3.74. The van der Waals surface area contributed by atoms with Crippen molar-refractivity contribution in [3.05, 3.63) is 23.8 Å². The van der Waals surface area contributed by atoms with E-state index in [4.69, 9.17) is 10.9 Å². The van der Waals surface area contributed by atoms with Crippen LogP contribution in [0.5, 0.6) is 11.5 Å². The Bertz CT molecular complexity index is 473. The van der Waals surface area contributed by atoms with Gasteiger partial charge in [-0.25, -0.2) is 0 Å². The number of hydrogen-bond acceptors (Lipinski definition) is 5. The molecule has 0 fully saturated rings. The van der Waals surface area contributed by atoms with Gasteiger partial charge in [0.1, 0.15) is 5.84 Å². The van der Waals surface area contributed by atoms with Crippen LogP contribution in [-0.2, 0) is 0 Å². The molecular weight excluding hydrogens is 238 g/mol. The van der Waals surface area contributed by atoms with E-state index in [0.29, 0.717) is 0 Å². The van der Waals surface area contributed by atoms with Crippen LogP contribution in [0.4, 0.5) is 0 Å². The Balaban J connectivity index is 2.78. The van der Waals surface area contributed by atoms with Gasteiger partial charge in [-0.1, -0.05) is 11.2 Å². The number of phenolic OH excluding ortho intramolecular Hbond substituents is 2. The van der Waals surface area contributed by atoms with Crippen molar-refractivity contribution >= 4 is 11.7 Å².